The first-order valence-electron chi connectivity index (χ1n) is 7.72. The molecule has 0 saturated carbocycles. The monoisotopic (exact) mass is 355 g/mol. The number of aromatic nitrogens is 2. The zero-order valence-electron chi connectivity index (χ0n) is 13.6. The molecule has 24 heavy (non-hydrogen) atoms. The second-order valence-electron chi connectivity index (χ2n) is 5.29. The largest absolute Gasteiger partial charge is 0.404 e. The van der Waals surface area contributed by atoms with Crippen molar-refractivity contribution in [1.82, 2.24) is 9.97 Å². The Kier molecular flexibility index (Phi) is 6.25. The van der Waals surface area contributed by atoms with Crippen molar-refractivity contribution in [3.8, 4) is 5.88 Å². The van der Waals surface area contributed by atoms with Crippen LogP contribution in [0.15, 0.2) is 35.1 Å². The number of benzene rings is 1. The summed E-state index contributed by atoms with van der Waals surface area (Å²) >= 11 is 0. The molecule has 8 nitrogen and oxygen atoms in total. The van der Waals surface area contributed by atoms with Crippen molar-refractivity contribution in [1.29, 1.82) is 0 Å². The Bertz CT molecular complexity index is 739. The van der Waals surface area contributed by atoms with Crippen LogP contribution in [-0.4, -0.2) is 20.5 Å². The molecule has 0 spiro atoms. The third kappa shape index (κ3) is 4.74. The van der Waals surface area contributed by atoms with E-state index in [-0.39, 0.29) is 18.3 Å². The number of hydrogen-bond donors (Lipinski definition) is 4. The van der Waals surface area contributed by atoms with Gasteiger partial charge in [0, 0.05) is 0 Å². The molecule has 0 aliphatic carbocycles. The Labute approximate surface area is 139 Å². The molecular weight excluding hydrogens is 333 g/mol. The molecule has 1 heterocycles. The number of nitrogens with one attached hydrogen (secondary N) is 3. The molecule has 9 heteroatoms. The van der Waals surface area contributed by atoms with E-state index in [2.05, 4.69) is 15.4 Å². The van der Waals surface area contributed by atoms with Gasteiger partial charge < -0.3 is 9.42 Å². The smallest absolute Gasteiger partial charge is 0.380 e. The van der Waals surface area contributed by atoms with Crippen LogP contribution < -0.4 is 15.7 Å². The highest BCUT2D eigenvalue weighted by Gasteiger charge is 2.32. The normalized spacial score (nSPS) is 13.7. The van der Waals surface area contributed by atoms with E-state index in [4.69, 9.17) is 9.36 Å². The van der Waals surface area contributed by atoms with Crippen molar-refractivity contribution in [3.05, 3.63) is 46.4 Å². The molecule has 0 radical (unpaired) electrons. The van der Waals surface area contributed by atoms with E-state index in [0.717, 1.165) is 5.56 Å². The van der Waals surface area contributed by atoms with Gasteiger partial charge in [0.05, 0.1) is 12.3 Å². The van der Waals surface area contributed by atoms with Crippen LogP contribution in [0.25, 0.3) is 0 Å². The number of H-pyrrole nitrogens is 2. The van der Waals surface area contributed by atoms with Crippen molar-refractivity contribution in [2.75, 3.05) is 5.48 Å². The molecule has 2 aromatic rings. The molecule has 0 saturated heterocycles. The first kappa shape index (κ1) is 18.3. The van der Waals surface area contributed by atoms with Crippen molar-refractivity contribution in [3.63, 3.8) is 0 Å². The maximum atomic E-state index is 12.3. The summed E-state index contributed by atoms with van der Waals surface area (Å²) in [5.41, 5.74) is 2.39. The lowest BCUT2D eigenvalue weighted by molar-refractivity contribution is 0.178. The SMILES string of the molecule is CCC(CC)P(=O)(O)Oc1[nH]c(=O)[nH]c1NOCc1ccccc1. The van der Waals surface area contributed by atoms with Gasteiger partial charge in [-0.05, 0) is 18.4 Å². The van der Waals surface area contributed by atoms with Gasteiger partial charge in [-0.15, -0.1) is 0 Å². The van der Waals surface area contributed by atoms with Crippen molar-refractivity contribution < 1.29 is 18.8 Å². The summed E-state index contributed by atoms with van der Waals surface area (Å²) in [7, 11) is -3.91. The molecule has 1 aromatic carbocycles. The quantitative estimate of drug-likeness (QED) is 0.406. The van der Waals surface area contributed by atoms with Gasteiger partial charge in [0.1, 0.15) is 0 Å². The Hall–Kier alpha value is -2.02. The molecule has 0 aliphatic heterocycles. The van der Waals surface area contributed by atoms with Crippen molar-refractivity contribution in [2.24, 2.45) is 0 Å². The molecule has 1 atom stereocenters. The van der Waals surface area contributed by atoms with E-state index in [9.17, 15) is 14.3 Å². The van der Waals surface area contributed by atoms with Gasteiger partial charge in [-0.3, -0.25) is 14.8 Å². The number of rotatable bonds is 9. The molecule has 4 N–H and O–H groups in total. The second kappa shape index (κ2) is 8.19. The molecular formula is C15H22N3O5P. The number of imidazole rings is 1. The first-order chi connectivity index (χ1) is 11.5. The minimum atomic E-state index is -3.91. The zero-order chi connectivity index (χ0) is 17.6. The molecule has 0 aliphatic rings. The van der Waals surface area contributed by atoms with E-state index in [1.165, 1.54) is 0 Å². The highest BCUT2D eigenvalue weighted by atomic mass is 31.2. The van der Waals surface area contributed by atoms with Crippen LogP contribution in [0.4, 0.5) is 5.82 Å². The average Bonchev–Trinajstić information content (AvgIpc) is 2.88. The van der Waals surface area contributed by atoms with Crippen molar-refractivity contribution in [2.45, 2.75) is 39.0 Å². The number of aromatic amines is 2. The van der Waals surface area contributed by atoms with Gasteiger partial charge in [-0.25, -0.2) is 14.8 Å². The van der Waals surface area contributed by atoms with Gasteiger partial charge in [0.15, 0.2) is 5.82 Å². The van der Waals surface area contributed by atoms with E-state index in [1.807, 2.05) is 44.2 Å². The number of anilines is 1. The summed E-state index contributed by atoms with van der Waals surface area (Å²) in [5.74, 6) is -0.0815. The highest BCUT2D eigenvalue weighted by Crippen LogP contribution is 2.50. The second-order valence-corrected chi connectivity index (χ2v) is 7.33. The standard InChI is InChI=1S/C15H22N3O5P/c1-3-12(4-2)24(20,21)23-14-13(16-15(19)17-14)18-22-10-11-8-6-5-7-9-11/h5-9,12,18H,3-4,10H2,1-2H3,(H,20,21)(H2,16,17,19). The molecule has 1 unspecified atom stereocenters. The van der Waals surface area contributed by atoms with E-state index in [0.29, 0.717) is 12.8 Å². The van der Waals surface area contributed by atoms with Crippen LogP contribution in [0.1, 0.15) is 32.3 Å². The minimum Gasteiger partial charge on any atom is -0.404 e. The van der Waals surface area contributed by atoms with Crippen LogP contribution in [0.2, 0.25) is 0 Å². The van der Waals surface area contributed by atoms with Gasteiger partial charge in [0.25, 0.3) is 0 Å². The van der Waals surface area contributed by atoms with Crippen LogP contribution in [0.3, 0.4) is 0 Å². The lowest BCUT2D eigenvalue weighted by atomic mass is 10.2. The predicted octanol–water partition coefficient (Wildman–Crippen LogP) is 3.00. The molecule has 0 bridgehead atoms. The van der Waals surface area contributed by atoms with Gasteiger partial charge in [-0.2, -0.15) is 0 Å². The van der Waals surface area contributed by atoms with E-state index >= 15 is 0 Å². The summed E-state index contributed by atoms with van der Waals surface area (Å²) in [4.78, 5) is 31.6. The molecule has 2 rings (SSSR count). The molecule has 1 aromatic heterocycles. The third-order valence-corrected chi connectivity index (χ3v) is 5.67. The molecule has 0 amide bonds. The fourth-order valence-electron chi connectivity index (χ4n) is 2.23. The molecule has 132 valence electrons. The Morgan fingerprint density at radius 1 is 1.21 bits per heavy atom. The topological polar surface area (TPSA) is 116 Å². The Morgan fingerprint density at radius 2 is 1.88 bits per heavy atom. The lowest BCUT2D eigenvalue weighted by Gasteiger charge is -2.20. The minimum absolute atomic E-state index is 0.0659. The van der Waals surface area contributed by atoms with Crippen LogP contribution in [0, 0.1) is 0 Å². The average molecular weight is 355 g/mol. The van der Waals surface area contributed by atoms with Gasteiger partial charge in [-0.1, -0.05) is 44.2 Å². The van der Waals surface area contributed by atoms with Crippen molar-refractivity contribution >= 4 is 13.4 Å². The van der Waals surface area contributed by atoms with E-state index < -0.39 is 18.9 Å². The summed E-state index contributed by atoms with van der Waals surface area (Å²) in [6.45, 7) is 3.86. The third-order valence-electron chi connectivity index (χ3n) is 3.57. The van der Waals surface area contributed by atoms with Crippen LogP contribution in [0.5, 0.6) is 5.88 Å². The Morgan fingerprint density at radius 3 is 2.50 bits per heavy atom. The fourth-order valence-corrected chi connectivity index (χ4v) is 3.70. The predicted molar refractivity (Wildman–Crippen MR) is 91.1 cm³/mol. The fraction of sp³-hybridized carbons (Fsp3) is 0.400. The summed E-state index contributed by atoms with van der Waals surface area (Å²) < 4.78 is 17.5. The summed E-state index contributed by atoms with van der Waals surface area (Å²) in [6, 6.07) is 9.41. The molecule has 0 fully saturated rings. The highest BCUT2D eigenvalue weighted by molar-refractivity contribution is 7.54. The van der Waals surface area contributed by atoms with Crippen LogP contribution in [-0.2, 0) is 16.0 Å². The van der Waals surface area contributed by atoms with Crippen LogP contribution >= 0.6 is 7.60 Å². The van der Waals surface area contributed by atoms with E-state index in [1.54, 1.807) is 0 Å². The van der Waals surface area contributed by atoms with Gasteiger partial charge >= 0.3 is 13.3 Å². The zero-order valence-corrected chi connectivity index (χ0v) is 14.5. The maximum Gasteiger partial charge on any atom is 0.380 e. The van der Waals surface area contributed by atoms with Gasteiger partial charge in [0.2, 0.25) is 5.88 Å². The first-order valence-corrected chi connectivity index (χ1v) is 9.37. The maximum absolute atomic E-state index is 12.3. The summed E-state index contributed by atoms with van der Waals surface area (Å²) in [6.07, 6.45) is 0.985. The Balaban J connectivity index is 2.04. The summed E-state index contributed by atoms with van der Waals surface area (Å²) in [5, 5.41) is 0. The lowest BCUT2D eigenvalue weighted by Crippen LogP contribution is -2.11. The number of hydrogen-bond acceptors (Lipinski definition) is 5.